The molecule has 0 heteroatoms. The summed E-state index contributed by atoms with van der Waals surface area (Å²) in [7, 11) is 0. The smallest absolute Gasteiger partial charge is 0.0127 e. The quantitative estimate of drug-likeness (QED) is 0.612. The lowest BCUT2D eigenvalue weighted by molar-refractivity contribution is 0.630. The Bertz CT molecular complexity index is 283. The van der Waals surface area contributed by atoms with Gasteiger partial charge in [0, 0.05) is 0 Å². The van der Waals surface area contributed by atoms with Gasteiger partial charge in [-0.2, -0.15) is 0 Å². The van der Waals surface area contributed by atoms with Crippen LogP contribution in [0, 0.1) is 11.8 Å². The molecule has 0 unspecified atom stereocenters. The Labute approximate surface area is 93.5 Å². The van der Waals surface area contributed by atoms with Crippen LogP contribution in [0.2, 0.25) is 0 Å². The van der Waals surface area contributed by atoms with Crippen LogP contribution in [0.3, 0.4) is 0 Å². The van der Waals surface area contributed by atoms with Crippen LogP contribution >= 0.6 is 0 Å². The average molecular weight is 202 g/mol. The second-order valence-electron chi connectivity index (χ2n) is 5.59. The van der Waals surface area contributed by atoms with E-state index in [1.807, 2.05) is 0 Å². The maximum atomic E-state index is 2.58. The molecule has 0 radical (unpaired) electrons. The van der Waals surface area contributed by atoms with Crippen molar-refractivity contribution in [2.45, 2.75) is 57.8 Å². The number of hydrogen-bond donors (Lipinski definition) is 0. The molecule has 0 heterocycles. The van der Waals surface area contributed by atoms with Gasteiger partial charge in [-0.3, -0.25) is 0 Å². The SMILES string of the molecule is C1=C(C2CCCC2)C=C(C2CCCC2)C1. The summed E-state index contributed by atoms with van der Waals surface area (Å²) in [6.07, 6.45) is 18.1. The minimum atomic E-state index is 0.934. The number of allylic oxidation sites excluding steroid dienone is 4. The van der Waals surface area contributed by atoms with Crippen LogP contribution in [-0.4, -0.2) is 0 Å². The maximum absolute atomic E-state index is 2.58. The summed E-state index contributed by atoms with van der Waals surface area (Å²) in [5, 5.41) is 0. The summed E-state index contributed by atoms with van der Waals surface area (Å²) >= 11 is 0. The van der Waals surface area contributed by atoms with Gasteiger partial charge in [0.2, 0.25) is 0 Å². The molecule has 0 aromatic rings. The fourth-order valence-corrected chi connectivity index (χ4v) is 3.69. The van der Waals surface area contributed by atoms with Crippen molar-refractivity contribution in [2.75, 3.05) is 0 Å². The molecule has 0 aromatic carbocycles. The van der Waals surface area contributed by atoms with E-state index in [-0.39, 0.29) is 0 Å². The number of rotatable bonds is 2. The van der Waals surface area contributed by atoms with Crippen molar-refractivity contribution in [3.8, 4) is 0 Å². The highest BCUT2D eigenvalue weighted by molar-refractivity contribution is 5.36. The van der Waals surface area contributed by atoms with Gasteiger partial charge in [0.1, 0.15) is 0 Å². The van der Waals surface area contributed by atoms with Crippen LogP contribution in [0.4, 0.5) is 0 Å². The molecule has 0 spiro atoms. The number of hydrogen-bond acceptors (Lipinski definition) is 0. The Morgan fingerprint density at radius 3 is 2.07 bits per heavy atom. The van der Waals surface area contributed by atoms with E-state index in [1.165, 1.54) is 57.8 Å². The predicted octanol–water partition coefficient (Wildman–Crippen LogP) is 4.62. The molecular formula is C15H22. The molecule has 0 nitrogen and oxygen atoms in total. The third-order valence-corrected chi connectivity index (χ3v) is 4.63. The van der Waals surface area contributed by atoms with Gasteiger partial charge in [-0.1, -0.05) is 43.4 Å². The Balaban J connectivity index is 1.66. The van der Waals surface area contributed by atoms with Gasteiger partial charge in [-0.15, -0.1) is 0 Å². The van der Waals surface area contributed by atoms with Gasteiger partial charge >= 0.3 is 0 Å². The molecule has 0 N–H and O–H groups in total. The van der Waals surface area contributed by atoms with Crippen LogP contribution in [-0.2, 0) is 0 Å². The molecule has 2 saturated carbocycles. The molecule has 0 amide bonds. The van der Waals surface area contributed by atoms with Crippen molar-refractivity contribution in [3.05, 3.63) is 23.3 Å². The van der Waals surface area contributed by atoms with Crippen molar-refractivity contribution in [2.24, 2.45) is 11.8 Å². The highest BCUT2D eigenvalue weighted by Gasteiger charge is 2.25. The molecule has 0 aromatic heterocycles. The summed E-state index contributed by atoms with van der Waals surface area (Å²) in [5.74, 6) is 1.89. The monoisotopic (exact) mass is 202 g/mol. The van der Waals surface area contributed by atoms with E-state index in [2.05, 4.69) is 12.2 Å². The van der Waals surface area contributed by atoms with Gasteiger partial charge in [-0.25, -0.2) is 0 Å². The van der Waals surface area contributed by atoms with E-state index in [0.717, 1.165) is 11.8 Å². The third kappa shape index (κ3) is 1.91. The van der Waals surface area contributed by atoms with E-state index in [4.69, 9.17) is 0 Å². The van der Waals surface area contributed by atoms with E-state index in [1.54, 1.807) is 11.1 Å². The molecule has 15 heavy (non-hydrogen) atoms. The van der Waals surface area contributed by atoms with Gasteiger partial charge in [0.05, 0.1) is 0 Å². The van der Waals surface area contributed by atoms with Gasteiger partial charge in [0.15, 0.2) is 0 Å². The Morgan fingerprint density at radius 1 is 0.800 bits per heavy atom. The summed E-state index contributed by atoms with van der Waals surface area (Å²) in [6, 6.07) is 0. The first-order chi connectivity index (χ1) is 7.43. The summed E-state index contributed by atoms with van der Waals surface area (Å²) in [6.45, 7) is 0. The molecule has 82 valence electrons. The van der Waals surface area contributed by atoms with Crippen molar-refractivity contribution < 1.29 is 0 Å². The highest BCUT2D eigenvalue weighted by atomic mass is 14.3. The van der Waals surface area contributed by atoms with Gasteiger partial charge < -0.3 is 0 Å². The van der Waals surface area contributed by atoms with Crippen LogP contribution in [0.5, 0.6) is 0 Å². The Kier molecular flexibility index (Phi) is 2.68. The van der Waals surface area contributed by atoms with Gasteiger partial charge in [0.25, 0.3) is 0 Å². The zero-order chi connectivity index (χ0) is 10.1. The summed E-state index contributed by atoms with van der Waals surface area (Å²) in [4.78, 5) is 0. The lowest BCUT2D eigenvalue weighted by Gasteiger charge is -2.10. The average Bonchev–Trinajstić information content (AvgIpc) is 3.02. The maximum Gasteiger partial charge on any atom is -0.0127 e. The summed E-state index contributed by atoms with van der Waals surface area (Å²) < 4.78 is 0. The molecule has 0 bridgehead atoms. The molecule has 2 fully saturated rings. The first-order valence-electron chi connectivity index (χ1n) is 6.84. The third-order valence-electron chi connectivity index (χ3n) is 4.63. The van der Waals surface area contributed by atoms with Crippen molar-refractivity contribution in [3.63, 3.8) is 0 Å². The Morgan fingerprint density at radius 2 is 1.40 bits per heavy atom. The molecule has 0 aliphatic heterocycles. The normalized spacial score (nSPS) is 28.5. The molecule has 3 rings (SSSR count). The molecule has 3 aliphatic carbocycles. The zero-order valence-electron chi connectivity index (χ0n) is 9.67. The lowest BCUT2D eigenvalue weighted by atomic mass is 9.95. The first kappa shape index (κ1) is 9.69. The minimum absolute atomic E-state index is 0.934. The lowest BCUT2D eigenvalue weighted by Crippen LogP contribution is -1.97. The van der Waals surface area contributed by atoms with Crippen molar-refractivity contribution in [1.29, 1.82) is 0 Å². The second-order valence-corrected chi connectivity index (χ2v) is 5.59. The fraction of sp³-hybridized carbons (Fsp3) is 0.733. The fourth-order valence-electron chi connectivity index (χ4n) is 3.69. The Hall–Kier alpha value is -0.520. The highest BCUT2D eigenvalue weighted by Crippen LogP contribution is 2.40. The van der Waals surface area contributed by atoms with Crippen molar-refractivity contribution >= 4 is 0 Å². The largest absolute Gasteiger partial charge is 0.0769 e. The van der Waals surface area contributed by atoms with Crippen LogP contribution < -0.4 is 0 Å². The molecule has 3 aliphatic rings. The molecular weight excluding hydrogens is 180 g/mol. The van der Waals surface area contributed by atoms with Gasteiger partial charge in [-0.05, 0) is 49.5 Å². The standard InChI is InChI=1S/C15H22/c1-2-6-12(5-1)14-9-10-15(11-14)13-7-3-4-8-13/h9,11-13H,1-8,10H2. The van der Waals surface area contributed by atoms with E-state index in [0.29, 0.717) is 0 Å². The van der Waals surface area contributed by atoms with Crippen LogP contribution in [0.25, 0.3) is 0 Å². The second kappa shape index (κ2) is 4.15. The van der Waals surface area contributed by atoms with Crippen molar-refractivity contribution in [1.82, 2.24) is 0 Å². The molecule has 0 atom stereocenters. The minimum Gasteiger partial charge on any atom is -0.0769 e. The summed E-state index contributed by atoms with van der Waals surface area (Å²) in [5.41, 5.74) is 3.48. The zero-order valence-corrected chi connectivity index (χ0v) is 9.67. The topological polar surface area (TPSA) is 0 Å². The van der Waals surface area contributed by atoms with Crippen LogP contribution in [0.15, 0.2) is 23.3 Å². The van der Waals surface area contributed by atoms with Crippen LogP contribution in [0.1, 0.15) is 57.8 Å². The predicted molar refractivity (Wildman–Crippen MR) is 64.7 cm³/mol. The molecule has 0 saturated heterocycles. The van der Waals surface area contributed by atoms with E-state index >= 15 is 0 Å². The van der Waals surface area contributed by atoms with E-state index in [9.17, 15) is 0 Å². The first-order valence-corrected chi connectivity index (χ1v) is 6.84. The van der Waals surface area contributed by atoms with E-state index < -0.39 is 0 Å².